The molecule has 0 bridgehead atoms. The lowest BCUT2D eigenvalue weighted by molar-refractivity contribution is -0.144. The van der Waals surface area contributed by atoms with Crippen molar-refractivity contribution in [1.82, 2.24) is 9.80 Å². The lowest BCUT2D eigenvalue weighted by atomic mass is 10.1. The number of likely N-dealkylation sites (tertiary alicyclic amines) is 1. The molecular formula is C20H27N3O3. The SMILES string of the molecule is CCc1ccc(N2CC(C(=O)N3CCCC3C(=O)N(C)C)CC2=O)cc1. The van der Waals surface area contributed by atoms with Crippen LogP contribution in [0.25, 0.3) is 0 Å². The molecule has 2 atom stereocenters. The van der Waals surface area contributed by atoms with Gasteiger partial charge in [-0.2, -0.15) is 0 Å². The van der Waals surface area contributed by atoms with Crippen LogP contribution < -0.4 is 4.90 Å². The Labute approximate surface area is 154 Å². The third-order valence-electron chi connectivity index (χ3n) is 5.39. The van der Waals surface area contributed by atoms with Crippen molar-refractivity contribution in [1.29, 1.82) is 0 Å². The molecule has 2 aliphatic rings. The number of amides is 3. The Morgan fingerprint density at radius 3 is 2.50 bits per heavy atom. The zero-order chi connectivity index (χ0) is 18.8. The van der Waals surface area contributed by atoms with Crippen molar-refractivity contribution in [3.05, 3.63) is 29.8 Å². The maximum atomic E-state index is 13.0. The summed E-state index contributed by atoms with van der Waals surface area (Å²) >= 11 is 0. The normalized spacial score (nSPS) is 22.8. The summed E-state index contributed by atoms with van der Waals surface area (Å²) in [6.07, 6.45) is 2.70. The van der Waals surface area contributed by atoms with Crippen LogP contribution in [0.1, 0.15) is 31.7 Å². The fourth-order valence-corrected chi connectivity index (χ4v) is 3.85. The topological polar surface area (TPSA) is 60.9 Å². The van der Waals surface area contributed by atoms with Crippen LogP contribution in [-0.2, 0) is 20.8 Å². The van der Waals surface area contributed by atoms with E-state index in [-0.39, 0.29) is 36.1 Å². The number of benzene rings is 1. The van der Waals surface area contributed by atoms with Gasteiger partial charge in [0.05, 0.1) is 5.92 Å². The molecular weight excluding hydrogens is 330 g/mol. The minimum absolute atomic E-state index is 0.0257. The fraction of sp³-hybridized carbons (Fsp3) is 0.550. The van der Waals surface area contributed by atoms with Gasteiger partial charge in [-0.3, -0.25) is 14.4 Å². The number of carbonyl (C=O) groups excluding carboxylic acids is 3. The smallest absolute Gasteiger partial charge is 0.244 e. The Hall–Kier alpha value is -2.37. The van der Waals surface area contributed by atoms with Gasteiger partial charge in [0.1, 0.15) is 6.04 Å². The van der Waals surface area contributed by atoms with Gasteiger partial charge in [0, 0.05) is 39.3 Å². The molecule has 2 fully saturated rings. The van der Waals surface area contributed by atoms with Gasteiger partial charge in [-0.1, -0.05) is 19.1 Å². The van der Waals surface area contributed by atoms with Crippen LogP contribution in [0.3, 0.4) is 0 Å². The molecule has 0 saturated carbocycles. The quantitative estimate of drug-likeness (QED) is 0.824. The Kier molecular flexibility index (Phi) is 5.30. The van der Waals surface area contributed by atoms with Gasteiger partial charge in [-0.05, 0) is 37.0 Å². The highest BCUT2D eigenvalue weighted by Crippen LogP contribution is 2.29. The van der Waals surface area contributed by atoms with Gasteiger partial charge in [0.2, 0.25) is 17.7 Å². The first-order valence-electron chi connectivity index (χ1n) is 9.33. The number of hydrogen-bond donors (Lipinski definition) is 0. The minimum Gasteiger partial charge on any atom is -0.347 e. The van der Waals surface area contributed by atoms with Crippen LogP contribution in [-0.4, -0.2) is 60.7 Å². The third-order valence-corrected chi connectivity index (χ3v) is 5.39. The highest BCUT2D eigenvalue weighted by atomic mass is 16.2. The average molecular weight is 357 g/mol. The number of hydrogen-bond acceptors (Lipinski definition) is 3. The Morgan fingerprint density at radius 2 is 1.88 bits per heavy atom. The molecule has 6 heteroatoms. The van der Waals surface area contributed by atoms with E-state index >= 15 is 0 Å². The molecule has 3 rings (SSSR count). The summed E-state index contributed by atoms with van der Waals surface area (Å²) in [5.41, 5.74) is 2.06. The first kappa shape index (κ1) is 18.4. The maximum Gasteiger partial charge on any atom is 0.244 e. The van der Waals surface area contributed by atoms with Gasteiger partial charge in [0.25, 0.3) is 0 Å². The first-order chi connectivity index (χ1) is 12.4. The summed E-state index contributed by atoms with van der Waals surface area (Å²) < 4.78 is 0. The molecule has 2 heterocycles. The second kappa shape index (κ2) is 7.48. The lowest BCUT2D eigenvalue weighted by Crippen LogP contribution is -2.47. The van der Waals surface area contributed by atoms with E-state index in [1.807, 2.05) is 24.3 Å². The Balaban J connectivity index is 1.71. The van der Waals surface area contributed by atoms with Crippen molar-refractivity contribution in [2.75, 3.05) is 32.1 Å². The number of likely N-dealkylation sites (N-methyl/N-ethyl adjacent to an activating group) is 1. The van der Waals surface area contributed by atoms with Gasteiger partial charge >= 0.3 is 0 Å². The van der Waals surface area contributed by atoms with Crippen LogP contribution in [0.4, 0.5) is 5.69 Å². The number of rotatable bonds is 4. The van der Waals surface area contributed by atoms with E-state index in [4.69, 9.17) is 0 Å². The van der Waals surface area contributed by atoms with Crippen molar-refractivity contribution in [3.63, 3.8) is 0 Å². The van der Waals surface area contributed by atoms with E-state index in [0.29, 0.717) is 19.5 Å². The van der Waals surface area contributed by atoms with Crippen LogP contribution >= 0.6 is 0 Å². The maximum absolute atomic E-state index is 13.0. The minimum atomic E-state index is -0.384. The number of aryl methyl sites for hydroxylation is 1. The third kappa shape index (κ3) is 3.45. The molecule has 140 valence electrons. The molecule has 2 saturated heterocycles. The molecule has 26 heavy (non-hydrogen) atoms. The molecule has 2 unspecified atom stereocenters. The van der Waals surface area contributed by atoms with Gasteiger partial charge in [-0.15, -0.1) is 0 Å². The highest BCUT2D eigenvalue weighted by Gasteiger charge is 2.42. The van der Waals surface area contributed by atoms with Crippen molar-refractivity contribution in [3.8, 4) is 0 Å². The number of carbonyl (C=O) groups is 3. The summed E-state index contributed by atoms with van der Waals surface area (Å²) in [5.74, 6) is -0.498. The summed E-state index contributed by atoms with van der Waals surface area (Å²) in [6, 6.07) is 7.54. The van der Waals surface area contributed by atoms with E-state index in [1.54, 1.807) is 23.9 Å². The van der Waals surface area contributed by atoms with Gasteiger partial charge < -0.3 is 14.7 Å². The van der Waals surface area contributed by atoms with Crippen LogP contribution in [0.2, 0.25) is 0 Å². The molecule has 0 spiro atoms. The second-order valence-corrected chi connectivity index (χ2v) is 7.35. The molecule has 1 aromatic rings. The van der Waals surface area contributed by atoms with Crippen molar-refractivity contribution >= 4 is 23.4 Å². The highest BCUT2D eigenvalue weighted by molar-refractivity contribution is 6.01. The standard InChI is InChI=1S/C20H27N3O3/c1-4-14-7-9-16(10-8-14)23-13-15(12-18(23)24)19(25)22-11-5-6-17(22)20(26)21(2)3/h7-10,15,17H,4-6,11-13H2,1-3H3. The molecule has 6 nitrogen and oxygen atoms in total. The van der Waals surface area contributed by atoms with Gasteiger partial charge in [0.15, 0.2) is 0 Å². The van der Waals surface area contributed by atoms with Crippen LogP contribution in [0, 0.1) is 5.92 Å². The Bertz CT molecular complexity index is 699. The van der Waals surface area contributed by atoms with Crippen molar-refractivity contribution < 1.29 is 14.4 Å². The molecule has 0 aliphatic carbocycles. The first-order valence-corrected chi connectivity index (χ1v) is 9.33. The van der Waals surface area contributed by atoms with E-state index in [9.17, 15) is 14.4 Å². The lowest BCUT2D eigenvalue weighted by Gasteiger charge is -2.28. The fourth-order valence-electron chi connectivity index (χ4n) is 3.85. The second-order valence-electron chi connectivity index (χ2n) is 7.35. The molecule has 0 aromatic heterocycles. The zero-order valence-corrected chi connectivity index (χ0v) is 15.8. The molecule has 1 aromatic carbocycles. The monoisotopic (exact) mass is 357 g/mol. The largest absolute Gasteiger partial charge is 0.347 e. The average Bonchev–Trinajstić information content (AvgIpc) is 3.27. The summed E-state index contributed by atoms with van der Waals surface area (Å²) in [6.45, 7) is 3.08. The van der Waals surface area contributed by atoms with E-state index in [2.05, 4.69) is 6.92 Å². The summed E-state index contributed by atoms with van der Waals surface area (Å²) in [5, 5.41) is 0. The van der Waals surface area contributed by atoms with E-state index in [0.717, 1.165) is 18.5 Å². The van der Waals surface area contributed by atoms with E-state index < -0.39 is 0 Å². The molecule has 3 amide bonds. The Morgan fingerprint density at radius 1 is 1.19 bits per heavy atom. The molecule has 0 radical (unpaired) electrons. The zero-order valence-electron chi connectivity index (χ0n) is 15.8. The van der Waals surface area contributed by atoms with Crippen molar-refractivity contribution in [2.45, 2.75) is 38.6 Å². The van der Waals surface area contributed by atoms with Gasteiger partial charge in [-0.25, -0.2) is 0 Å². The van der Waals surface area contributed by atoms with Crippen molar-refractivity contribution in [2.24, 2.45) is 5.92 Å². The van der Waals surface area contributed by atoms with Crippen LogP contribution in [0.5, 0.6) is 0 Å². The summed E-state index contributed by atoms with van der Waals surface area (Å²) in [7, 11) is 3.42. The summed E-state index contributed by atoms with van der Waals surface area (Å²) in [4.78, 5) is 42.7. The predicted molar refractivity (Wildman–Crippen MR) is 99.7 cm³/mol. The number of nitrogens with zero attached hydrogens (tertiary/aromatic N) is 3. The van der Waals surface area contributed by atoms with E-state index in [1.165, 1.54) is 10.5 Å². The number of anilines is 1. The van der Waals surface area contributed by atoms with Crippen LogP contribution in [0.15, 0.2) is 24.3 Å². The predicted octanol–water partition coefficient (Wildman–Crippen LogP) is 1.68. The molecule has 0 N–H and O–H groups in total. The molecule has 2 aliphatic heterocycles.